The van der Waals surface area contributed by atoms with E-state index in [1.807, 2.05) is 0 Å². The topological polar surface area (TPSA) is 21.3 Å². The predicted molar refractivity (Wildman–Crippen MR) is 51.2 cm³/mol. The van der Waals surface area contributed by atoms with E-state index in [0.717, 1.165) is 19.1 Å². The van der Waals surface area contributed by atoms with Crippen LogP contribution in [-0.4, -0.2) is 25.8 Å². The summed E-state index contributed by atoms with van der Waals surface area (Å²) >= 11 is 0. The molecular weight excluding hydrogens is 150 g/mol. The molecule has 1 rings (SSSR count). The average molecular weight is 169 g/mol. The molecule has 1 fully saturated rings. The van der Waals surface area contributed by atoms with Crippen LogP contribution in [0.15, 0.2) is 12.7 Å². The van der Waals surface area contributed by atoms with Crippen molar-refractivity contribution in [2.75, 3.05) is 19.8 Å². The molecule has 0 radical (unpaired) electrons. The van der Waals surface area contributed by atoms with Gasteiger partial charge in [0, 0.05) is 12.6 Å². The van der Waals surface area contributed by atoms with Crippen LogP contribution in [0, 0.1) is 5.92 Å². The SMILES string of the molecule is C=CCOCCNC(C)C1CC1. The Labute approximate surface area is 75.0 Å². The summed E-state index contributed by atoms with van der Waals surface area (Å²) in [5.74, 6) is 0.935. The van der Waals surface area contributed by atoms with Crippen molar-refractivity contribution >= 4 is 0 Å². The lowest BCUT2D eigenvalue weighted by atomic mass is 10.2. The molecule has 1 unspecified atom stereocenters. The second-order valence-corrected chi connectivity index (χ2v) is 3.44. The Hall–Kier alpha value is -0.340. The van der Waals surface area contributed by atoms with E-state index < -0.39 is 0 Å². The molecule has 0 bridgehead atoms. The Morgan fingerprint density at radius 1 is 1.67 bits per heavy atom. The van der Waals surface area contributed by atoms with E-state index in [0.29, 0.717) is 12.6 Å². The van der Waals surface area contributed by atoms with Gasteiger partial charge >= 0.3 is 0 Å². The van der Waals surface area contributed by atoms with Gasteiger partial charge in [0.05, 0.1) is 13.2 Å². The summed E-state index contributed by atoms with van der Waals surface area (Å²) in [5, 5.41) is 3.44. The fourth-order valence-electron chi connectivity index (χ4n) is 1.29. The van der Waals surface area contributed by atoms with E-state index in [1.54, 1.807) is 6.08 Å². The third kappa shape index (κ3) is 3.88. The second kappa shape index (κ2) is 5.33. The number of hydrogen-bond donors (Lipinski definition) is 1. The van der Waals surface area contributed by atoms with Gasteiger partial charge in [-0.05, 0) is 25.7 Å². The van der Waals surface area contributed by atoms with Crippen LogP contribution >= 0.6 is 0 Å². The van der Waals surface area contributed by atoms with Gasteiger partial charge in [-0.15, -0.1) is 6.58 Å². The molecule has 0 saturated heterocycles. The summed E-state index contributed by atoms with van der Waals surface area (Å²) in [6.45, 7) is 8.27. The molecule has 1 N–H and O–H groups in total. The zero-order valence-corrected chi connectivity index (χ0v) is 7.88. The van der Waals surface area contributed by atoms with Gasteiger partial charge in [0.2, 0.25) is 0 Å². The fraction of sp³-hybridized carbons (Fsp3) is 0.800. The highest BCUT2D eigenvalue weighted by Crippen LogP contribution is 2.32. The minimum atomic E-state index is 0.666. The van der Waals surface area contributed by atoms with Crippen molar-refractivity contribution in [3.63, 3.8) is 0 Å². The smallest absolute Gasteiger partial charge is 0.0645 e. The lowest BCUT2D eigenvalue weighted by Gasteiger charge is -2.11. The van der Waals surface area contributed by atoms with E-state index in [-0.39, 0.29) is 0 Å². The molecule has 0 heterocycles. The lowest BCUT2D eigenvalue weighted by Crippen LogP contribution is -2.31. The van der Waals surface area contributed by atoms with Crippen LogP contribution in [0.25, 0.3) is 0 Å². The second-order valence-electron chi connectivity index (χ2n) is 3.44. The summed E-state index contributed by atoms with van der Waals surface area (Å²) in [5.41, 5.74) is 0. The van der Waals surface area contributed by atoms with Gasteiger partial charge in [0.15, 0.2) is 0 Å². The first-order valence-corrected chi connectivity index (χ1v) is 4.76. The maximum Gasteiger partial charge on any atom is 0.0645 e. The number of nitrogens with one attached hydrogen (secondary N) is 1. The van der Waals surface area contributed by atoms with Gasteiger partial charge in [0.25, 0.3) is 0 Å². The fourth-order valence-corrected chi connectivity index (χ4v) is 1.29. The molecule has 70 valence electrons. The van der Waals surface area contributed by atoms with Crippen molar-refractivity contribution in [1.29, 1.82) is 0 Å². The van der Waals surface area contributed by atoms with E-state index in [9.17, 15) is 0 Å². The molecule has 0 spiro atoms. The number of rotatable bonds is 7. The third-order valence-electron chi connectivity index (χ3n) is 2.28. The van der Waals surface area contributed by atoms with Crippen molar-refractivity contribution in [2.24, 2.45) is 5.92 Å². The van der Waals surface area contributed by atoms with Gasteiger partial charge < -0.3 is 10.1 Å². The van der Waals surface area contributed by atoms with Crippen molar-refractivity contribution in [3.05, 3.63) is 12.7 Å². The normalized spacial score (nSPS) is 19.1. The number of ether oxygens (including phenoxy) is 1. The third-order valence-corrected chi connectivity index (χ3v) is 2.28. The Morgan fingerprint density at radius 3 is 3.00 bits per heavy atom. The van der Waals surface area contributed by atoms with Crippen LogP contribution in [0.5, 0.6) is 0 Å². The molecule has 2 heteroatoms. The maximum atomic E-state index is 5.25. The van der Waals surface area contributed by atoms with Gasteiger partial charge in [-0.25, -0.2) is 0 Å². The molecular formula is C10H19NO. The highest BCUT2D eigenvalue weighted by Gasteiger charge is 2.26. The molecule has 0 aromatic rings. The molecule has 0 aromatic heterocycles. The van der Waals surface area contributed by atoms with E-state index in [2.05, 4.69) is 18.8 Å². The molecule has 1 atom stereocenters. The van der Waals surface area contributed by atoms with Gasteiger partial charge in [-0.3, -0.25) is 0 Å². The van der Waals surface area contributed by atoms with Gasteiger partial charge in [-0.2, -0.15) is 0 Å². The zero-order valence-electron chi connectivity index (χ0n) is 7.88. The van der Waals surface area contributed by atoms with Gasteiger partial charge in [0.1, 0.15) is 0 Å². The summed E-state index contributed by atoms with van der Waals surface area (Å²) in [7, 11) is 0. The van der Waals surface area contributed by atoms with E-state index >= 15 is 0 Å². The summed E-state index contributed by atoms with van der Waals surface area (Å²) in [6.07, 6.45) is 4.59. The van der Waals surface area contributed by atoms with Crippen LogP contribution in [0.4, 0.5) is 0 Å². The Morgan fingerprint density at radius 2 is 2.42 bits per heavy atom. The van der Waals surface area contributed by atoms with Crippen LogP contribution in [0.1, 0.15) is 19.8 Å². The lowest BCUT2D eigenvalue weighted by molar-refractivity contribution is 0.161. The highest BCUT2D eigenvalue weighted by molar-refractivity contribution is 4.82. The quantitative estimate of drug-likeness (QED) is 0.461. The van der Waals surface area contributed by atoms with Crippen molar-refractivity contribution in [2.45, 2.75) is 25.8 Å². The number of hydrogen-bond acceptors (Lipinski definition) is 2. The molecule has 0 amide bonds. The van der Waals surface area contributed by atoms with Crippen molar-refractivity contribution in [1.82, 2.24) is 5.32 Å². The molecule has 12 heavy (non-hydrogen) atoms. The summed E-state index contributed by atoms with van der Waals surface area (Å²) in [4.78, 5) is 0. The summed E-state index contributed by atoms with van der Waals surface area (Å²) < 4.78 is 5.25. The Bertz CT molecular complexity index is 132. The largest absolute Gasteiger partial charge is 0.376 e. The average Bonchev–Trinajstić information content (AvgIpc) is 2.86. The summed E-state index contributed by atoms with van der Waals surface area (Å²) in [6, 6.07) is 0.678. The van der Waals surface area contributed by atoms with E-state index in [4.69, 9.17) is 4.74 Å². The van der Waals surface area contributed by atoms with Crippen molar-refractivity contribution < 1.29 is 4.74 Å². The van der Waals surface area contributed by atoms with Crippen LogP contribution in [-0.2, 0) is 4.74 Å². The highest BCUT2D eigenvalue weighted by atomic mass is 16.5. The zero-order chi connectivity index (χ0) is 8.81. The maximum absolute atomic E-state index is 5.25. The minimum absolute atomic E-state index is 0.666. The predicted octanol–water partition coefficient (Wildman–Crippen LogP) is 1.58. The minimum Gasteiger partial charge on any atom is -0.376 e. The standard InChI is InChI=1S/C10H19NO/c1-3-7-12-8-6-11-9(2)10-4-5-10/h3,9-11H,1,4-8H2,2H3. The van der Waals surface area contributed by atoms with Crippen LogP contribution in [0.3, 0.4) is 0 Å². The van der Waals surface area contributed by atoms with Crippen LogP contribution in [0.2, 0.25) is 0 Å². The first kappa shape index (κ1) is 9.75. The molecule has 2 nitrogen and oxygen atoms in total. The Balaban J connectivity index is 1.84. The Kier molecular flexibility index (Phi) is 4.33. The van der Waals surface area contributed by atoms with Crippen molar-refractivity contribution in [3.8, 4) is 0 Å². The molecule has 1 aliphatic rings. The van der Waals surface area contributed by atoms with E-state index in [1.165, 1.54) is 12.8 Å². The molecule has 1 saturated carbocycles. The van der Waals surface area contributed by atoms with Gasteiger partial charge in [-0.1, -0.05) is 6.08 Å². The monoisotopic (exact) mass is 169 g/mol. The van der Waals surface area contributed by atoms with Crippen LogP contribution < -0.4 is 5.32 Å². The first-order chi connectivity index (χ1) is 5.84. The first-order valence-electron chi connectivity index (χ1n) is 4.76. The molecule has 1 aliphatic carbocycles. The molecule has 0 aromatic carbocycles. The molecule has 0 aliphatic heterocycles.